The van der Waals surface area contributed by atoms with Crippen molar-refractivity contribution in [3.63, 3.8) is 0 Å². The monoisotopic (exact) mass is 333 g/mol. The molecule has 3 heterocycles. The van der Waals surface area contributed by atoms with Crippen molar-refractivity contribution in [1.29, 1.82) is 0 Å². The van der Waals surface area contributed by atoms with E-state index in [2.05, 4.69) is 9.88 Å². The average molecular weight is 333 g/mol. The van der Waals surface area contributed by atoms with Crippen molar-refractivity contribution in [3.8, 4) is 0 Å². The fraction of sp³-hybridized carbons (Fsp3) is 0.667. The number of carbonyl (C=O) groups excluding carboxylic acids is 1. The summed E-state index contributed by atoms with van der Waals surface area (Å²) >= 11 is 0. The number of rotatable bonds is 4. The van der Waals surface area contributed by atoms with Gasteiger partial charge in [0.2, 0.25) is 0 Å². The van der Waals surface area contributed by atoms with Crippen LogP contribution in [-0.4, -0.2) is 67.9 Å². The number of piperidine rings is 1. The third-order valence-electron chi connectivity index (χ3n) is 4.64. The SMILES string of the molecule is COCC1CN(c2ncccc2C(=O)N2CCCCC2)CC(C)O1. The predicted molar refractivity (Wildman–Crippen MR) is 92.4 cm³/mol. The molecule has 2 aliphatic rings. The number of likely N-dealkylation sites (tertiary alicyclic amines) is 1. The fourth-order valence-corrected chi connectivity index (χ4v) is 3.58. The Morgan fingerprint density at radius 1 is 1.33 bits per heavy atom. The molecule has 132 valence electrons. The van der Waals surface area contributed by atoms with Crippen LogP contribution in [0.5, 0.6) is 0 Å². The Bertz CT molecular complexity index is 560. The third kappa shape index (κ3) is 3.87. The summed E-state index contributed by atoms with van der Waals surface area (Å²) < 4.78 is 11.1. The van der Waals surface area contributed by atoms with Gasteiger partial charge in [0.1, 0.15) is 5.82 Å². The lowest BCUT2D eigenvalue weighted by Gasteiger charge is -2.38. The van der Waals surface area contributed by atoms with E-state index in [-0.39, 0.29) is 18.1 Å². The standard InChI is InChI=1S/C18H27N3O3/c1-14-11-21(12-15(24-14)13-23-2)17-16(7-6-8-19-17)18(22)20-9-4-3-5-10-20/h6-8,14-15H,3-5,9-13H2,1-2H3. The van der Waals surface area contributed by atoms with Crippen LogP contribution >= 0.6 is 0 Å². The van der Waals surface area contributed by atoms with Crippen LogP contribution in [0.15, 0.2) is 18.3 Å². The predicted octanol–water partition coefficient (Wildman–Crippen LogP) is 1.95. The smallest absolute Gasteiger partial charge is 0.257 e. The number of pyridine rings is 1. The highest BCUT2D eigenvalue weighted by Gasteiger charge is 2.30. The van der Waals surface area contributed by atoms with E-state index in [1.54, 1.807) is 13.3 Å². The molecule has 0 aromatic carbocycles. The topological polar surface area (TPSA) is 54.9 Å². The van der Waals surface area contributed by atoms with Crippen LogP contribution in [0, 0.1) is 0 Å². The van der Waals surface area contributed by atoms with E-state index >= 15 is 0 Å². The Kier molecular flexibility index (Phi) is 5.68. The Balaban J connectivity index is 1.81. The van der Waals surface area contributed by atoms with Crippen molar-refractivity contribution in [2.75, 3.05) is 44.8 Å². The molecule has 1 aromatic heterocycles. The zero-order valence-electron chi connectivity index (χ0n) is 14.6. The number of anilines is 1. The van der Waals surface area contributed by atoms with Gasteiger partial charge in [-0.15, -0.1) is 0 Å². The molecule has 6 nitrogen and oxygen atoms in total. The second kappa shape index (κ2) is 7.94. The first-order valence-corrected chi connectivity index (χ1v) is 8.82. The minimum Gasteiger partial charge on any atom is -0.382 e. The van der Waals surface area contributed by atoms with Crippen LogP contribution in [0.1, 0.15) is 36.5 Å². The molecule has 6 heteroatoms. The van der Waals surface area contributed by atoms with Crippen LogP contribution in [-0.2, 0) is 9.47 Å². The number of hydrogen-bond acceptors (Lipinski definition) is 5. The van der Waals surface area contributed by atoms with Crippen LogP contribution in [0.2, 0.25) is 0 Å². The number of carbonyl (C=O) groups is 1. The van der Waals surface area contributed by atoms with Gasteiger partial charge >= 0.3 is 0 Å². The Hall–Kier alpha value is -1.66. The minimum absolute atomic E-state index is 0.00121. The third-order valence-corrected chi connectivity index (χ3v) is 4.64. The number of ether oxygens (including phenoxy) is 2. The highest BCUT2D eigenvalue weighted by molar-refractivity contribution is 5.99. The van der Waals surface area contributed by atoms with E-state index in [9.17, 15) is 4.79 Å². The first-order chi connectivity index (χ1) is 11.7. The molecule has 0 aliphatic carbocycles. The van der Waals surface area contributed by atoms with Crippen LogP contribution < -0.4 is 4.90 Å². The Morgan fingerprint density at radius 2 is 2.12 bits per heavy atom. The Labute approximate surface area is 143 Å². The largest absolute Gasteiger partial charge is 0.382 e. The normalized spacial score (nSPS) is 24.9. The van der Waals surface area contributed by atoms with Gasteiger partial charge in [-0.05, 0) is 38.3 Å². The summed E-state index contributed by atoms with van der Waals surface area (Å²) in [6.45, 7) is 5.71. The number of morpholine rings is 1. The summed E-state index contributed by atoms with van der Waals surface area (Å²) in [7, 11) is 1.68. The lowest BCUT2D eigenvalue weighted by Crippen LogP contribution is -2.49. The van der Waals surface area contributed by atoms with Gasteiger partial charge in [-0.3, -0.25) is 4.79 Å². The van der Waals surface area contributed by atoms with Crippen LogP contribution in [0.4, 0.5) is 5.82 Å². The number of nitrogens with zero attached hydrogens (tertiary/aromatic N) is 3. The van der Waals surface area contributed by atoms with Crippen LogP contribution in [0.25, 0.3) is 0 Å². The molecule has 2 atom stereocenters. The number of methoxy groups -OCH3 is 1. The summed E-state index contributed by atoms with van der Waals surface area (Å²) in [6, 6.07) is 3.74. The first kappa shape index (κ1) is 17.2. The molecule has 1 aromatic rings. The molecule has 0 bridgehead atoms. The second-order valence-electron chi connectivity index (χ2n) is 6.66. The van der Waals surface area contributed by atoms with Crippen LogP contribution in [0.3, 0.4) is 0 Å². The molecule has 1 amide bonds. The van der Waals surface area contributed by atoms with Gasteiger partial charge in [-0.2, -0.15) is 0 Å². The maximum absolute atomic E-state index is 13.0. The highest BCUT2D eigenvalue weighted by atomic mass is 16.5. The van der Waals surface area contributed by atoms with Gasteiger partial charge in [-0.25, -0.2) is 4.98 Å². The quantitative estimate of drug-likeness (QED) is 0.843. The molecule has 2 unspecified atom stereocenters. The first-order valence-electron chi connectivity index (χ1n) is 8.82. The maximum atomic E-state index is 13.0. The van der Waals surface area contributed by atoms with E-state index in [0.717, 1.165) is 38.3 Å². The van der Waals surface area contributed by atoms with E-state index in [4.69, 9.17) is 9.47 Å². The van der Waals surface area contributed by atoms with E-state index < -0.39 is 0 Å². The molecule has 0 saturated carbocycles. The van der Waals surface area contributed by atoms with Gasteiger partial charge < -0.3 is 19.3 Å². The summed E-state index contributed by atoms with van der Waals surface area (Å²) in [4.78, 5) is 21.6. The molecule has 2 fully saturated rings. The molecule has 2 aliphatic heterocycles. The van der Waals surface area contributed by atoms with E-state index in [1.165, 1.54) is 6.42 Å². The van der Waals surface area contributed by atoms with Crippen molar-refractivity contribution in [2.45, 2.75) is 38.4 Å². The summed E-state index contributed by atoms with van der Waals surface area (Å²) in [5, 5.41) is 0. The van der Waals surface area contributed by atoms with Crippen molar-refractivity contribution in [2.24, 2.45) is 0 Å². The van der Waals surface area contributed by atoms with Gasteiger partial charge in [0, 0.05) is 39.5 Å². The highest BCUT2D eigenvalue weighted by Crippen LogP contribution is 2.24. The minimum atomic E-state index is -0.00121. The molecule has 3 rings (SSSR count). The number of aromatic nitrogens is 1. The maximum Gasteiger partial charge on any atom is 0.257 e. The Morgan fingerprint density at radius 3 is 2.88 bits per heavy atom. The molecular formula is C18H27N3O3. The molecule has 24 heavy (non-hydrogen) atoms. The van der Waals surface area contributed by atoms with Gasteiger partial charge in [-0.1, -0.05) is 0 Å². The fourth-order valence-electron chi connectivity index (χ4n) is 3.58. The van der Waals surface area contributed by atoms with Crippen molar-refractivity contribution >= 4 is 11.7 Å². The molecule has 2 saturated heterocycles. The molecule has 0 spiro atoms. The van der Waals surface area contributed by atoms with Gasteiger partial charge in [0.15, 0.2) is 0 Å². The summed E-state index contributed by atoms with van der Waals surface area (Å²) in [5.74, 6) is 0.865. The molecular weight excluding hydrogens is 306 g/mol. The zero-order valence-corrected chi connectivity index (χ0v) is 14.6. The van der Waals surface area contributed by atoms with Crippen molar-refractivity contribution in [1.82, 2.24) is 9.88 Å². The zero-order chi connectivity index (χ0) is 16.9. The average Bonchev–Trinajstić information content (AvgIpc) is 2.62. The number of amides is 1. The molecule has 0 N–H and O–H groups in total. The van der Waals surface area contributed by atoms with Crippen molar-refractivity contribution in [3.05, 3.63) is 23.9 Å². The lowest BCUT2D eigenvalue weighted by molar-refractivity contribution is -0.0513. The second-order valence-corrected chi connectivity index (χ2v) is 6.66. The molecule has 0 radical (unpaired) electrons. The summed E-state index contributed by atoms with van der Waals surface area (Å²) in [6.07, 6.45) is 5.23. The van der Waals surface area contributed by atoms with Gasteiger partial charge in [0.05, 0.1) is 24.4 Å². The number of hydrogen-bond donors (Lipinski definition) is 0. The van der Waals surface area contributed by atoms with E-state index in [0.29, 0.717) is 18.7 Å². The van der Waals surface area contributed by atoms with E-state index in [1.807, 2.05) is 24.0 Å². The van der Waals surface area contributed by atoms with Gasteiger partial charge in [0.25, 0.3) is 5.91 Å². The van der Waals surface area contributed by atoms with Crippen molar-refractivity contribution < 1.29 is 14.3 Å². The lowest BCUT2D eigenvalue weighted by atomic mass is 10.1. The summed E-state index contributed by atoms with van der Waals surface area (Å²) in [5.41, 5.74) is 0.699.